The fourth-order valence-electron chi connectivity index (χ4n) is 1.96. The van der Waals surface area contributed by atoms with Gasteiger partial charge in [0, 0.05) is 5.56 Å². The molecule has 0 unspecified atom stereocenters. The highest BCUT2D eigenvalue weighted by Gasteiger charge is 2.15. The molecule has 5 nitrogen and oxygen atoms in total. The highest BCUT2D eigenvalue weighted by Crippen LogP contribution is 2.23. The molecule has 2 aromatic heterocycles. The van der Waals surface area contributed by atoms with Crippen LogP contribution in [0.4, 0.5) is 0 Å². The molecule has 1 aromatic carbocycles. The van der Waals surface area contributed by atoms with Crippen LogP contribution in [0.5, 0.6) is 0 Å². The minimum absolute atomic E-state index is 0.0254. The smallest absolute Gasteiger partial charge is 0.354 e. The molecule has 0 spiro atoms. The lowest BCUT2D eigenvalue weighted by Crippen LogP contribution is -2.08. The van der Waals surface area contributed by atoms with Gasteiger partial charge in [0.2, 0.25) is 0 Å². The number of carboxylic acid groups (broad SMARTS) is 1. The highest BCUT2D eigenvalue weighted by molar-refractivity contribution is 6.33. The number of rotatable bonds is 2. The van der Waals surface area contributed by atoms with Gasteiger partial charge < -0.3 is 5.11 Å². The van der Waals surface area contributed by atoms with Crippen molar-refractivity contribution in [1.29, 1.82) is 0 Å². The van der Waals surface area contributed by atoms with E-state index in [0.29, 0.717) is 16.4 Å². The van der Waals surface area contributed by atoms with Crippen molar-refractivity contribution in [2.45, 2.75) is 6.92 Å². The van der Waals surface area contributed by atoms with E-state index in [0.717, 1.165) is 11.1 Å². The van der Waals surface area contributed by atoms with Crippen LogP contribution >= 0.6 is 11.6 Å². The van der Waals surface area contributed by atoms with Gasteiger partial charge in [-0.1, -0.05) is 41.4 Å². The minimum atomic E-state index is -1.08. The molecule has 0 aliphatic heterocycles. The first-order valence-corrected chi connectivity index (χ1v) is 6.28. The first kappa shape index (κ1) is 12.6. The van der Waals surface area contributed by atoms with E-state index in [-0.39, 0.29) is 5.69 Å². The number of aryl methyl sites for hydroxylation is 1. The molecule has 2 heterocycles. The number of carboxylic acids is 1. The number of halogens is 1. The molecule has 0 radical (unpaired) electrons. The second-order valence-corrected chi connectivity index (χ2v) is 4.83. The molecular formula is C14H10ClN3O2. The zero-order valence-corrected chi connectivity index (χ0v) is 11.3. The quantitative estimate of drug-likeness (QED) is 0.786. The second-order valence-electron chi connectivity index (χ2n) is 4.43. The van der Waals surface area contributed by atoms with E-state index >= 15 is 0 Å². The molecule has 1 N–H and O–H groups in total. The van der Waals surface area contributed by atoms with Gasteiger partial charge in [0.15, 0.2) is 11.3 Å². The van der Waals surface area contributed by atoms with Gasteiger partial charge in [-0.15, -0.1) is 0 Å². The number of aromatic nitrogens is 3. The Balaban J connectivity index is 2.28. The van der Waals surface area contributed by atoms with Gasteiger partial charge in [0.05, 0.1) is 11.9 Å². The van der Waals surface area contributed by atoms with Crippen LogP contribution in [0, 0.1) is 6.92 Å². The fourth-order valence-corrected chi connectivity index (χ4v) is 2.13. The monoisotopic (exact) mass is 287 g/mol. The maximum Gasteiger partial charge on any atom is 0.354 e. The molecule has 0 amide bonds. The zero-order chi connectivity index (χ0) is 14.3. The van der Waals surface area contributed by atoms with Crippen molar-refractivity contribution in [3.63, 3.8) is 0 Å². The Labute approximate surface area is 119 Å². The maximum atomic E-state index is 11.3. The van der Waals surface area contributed by atoms with Crippen molar-refractivity contribution in [2.24, 2.45) is 0 Å². The fraction of sp³-hybridized carbons (Fsp3) is 0.0714. The first-order valence-electron chi connectivity index (χ1n) is 5.91. The summed E-state index contributed by atoms with van der Waals surface area (Å²) < 4.78 is 1.22. The van der Waals surface area contributed by atoms with Gasteiger partial charge >= 0.3 is 5.97 Å². The van der Waals surface area contributed by atoms with E-state index in [1.807, 2.05) is 31.2 Å². The Morgan fingerprint density at radius 1 is 1.30 bits per heavy atom. The minimum Gasteiger partial charge on any atom is -0.477 e. The van der Waals surface area contributed by atoms with Gasteiger partial charge in [-0.2, -0.15) is 5.10 Å². The Hall–Kier alpha value is -2.40. The summed E-state index contributed by atoms with van der Waals surface area (Å²) >= 11 is 6.00. The molecule has 0 saturated heterocycles. The maximum absolute atomic E-state index is 11.3. The summed E-state index contributed by atoms with van der Waals surface area (Å²) in [6, 6.07) is 9.16. The predicted molar refractivity (Wildman–Crippen MR) is 75.1 cm³/mol. The number of carbonyl (C=O) groups is 1. The van der Waals surface area contributed by atoms with Crippen molar-refractivity contribution < 1.29 is 9.90 Å². The van der Waals surface area contributed by atoms with Crippen LogP contribution in [0.3, 0.4) is 0 Å². The molecule has 0 saturated carbocycles. The summed E-state index contributed by atoms with van der Waals surface area (Å²) in [7, 11) is 0. The Kier molecular flexibility index (Phi) is 2.91. The first-order chi connectivity index (χ1) is 9.56. The van der Waals surface area contributed by atoms with Gasteiger partial charge in [-0.05, 0) is 13.0 Å². The second kappa shape index (κ2) is 4.61. The highest BCUT2D eigenvalue weighted by atomic mass is 35.5. The van der Waals surface area contributed by atoms with E-state index in [4.69, 9.17) is 11.6 Å². The van der Waals surface area contributed by atoms with E-state index < -0.39 is 5.97 Å². The summed E-state index contributed by atoms with van der Waals surface area (Å²) in [6.45, 7) is 1.98. The molecule has 0 aliphatic rings. The molecule has 0 atom stereocenters. The van der Waals surface area contributed by atoms with E-state index in [9.17, 15) is 9.90 Å². The van der Waals surface area contributed by atoms with Crippen LogP contribution in [0.2, 0.25) is 5.02 Å². The lowest BCUT2D eigenvalue weighted by atomic mass is 10.1. The molecule has 6 heteroatoms. The number of hydrogen-bond donors (Lipinski definition) is 1. The number of hydrogen-bond acceptors (Lipinski definition) is 3. The van der Waals surface area contributed by atoms with Crippen LogP contribution in [0.15, 0.2) is 36.5 Å². The topological polar surface area (TPSA) is 67.5 Å². The van der Waals surface area contributed by atoms with Crippen LogP contribution in [0.1, 0.15) is 16.1 Å². The van der Waals surface area contributed by atoms with E-state index in [1.54, 1.807) is 0 Å². The third kappa shape index (κ3) is 2.02. The molecule has 3 rings (SSSR count). The molecule has 0 aliphatic carbocycles. The van der Waals surface area contributed by atoms with Crippen molar-refractivity contribution in [2.75, 3.05) is 0 Å². The largest absolute Gasteiger partial charge is 0.477 e. The van der Waals surface area contributed by atoms with Gasteiger partial charge in [-0.3, -0.25) is 0 Å². The third-order valence-electron chi connectivity index (χ3n) is 3.00. The summed E-state index contributed by atoms with van der Waals surface area (Å²) in [6.07, 6.45) is 1.38. The molecule has 0 bridgehead atoms. The number of benzene rings is 1. The molecule has 0 fully saturated rings. The Morgan fingerprint density at radius 2 is 2.00 bits per heavy atom. The number of nitrogens with zero attached hydrogens (tertiary/aromatic N) is 3. The van der Waals surface area contributed by atoms with Gasteiger partial charge in [-0.25, -0.2) is 14.3 Å². The third-order valence-corrected chi connectivity index (χ3v) is 3.26. The normalized spacial score (nSPS) is 10.9. The molecule has 3 aromatic rings. The van der Waals surface area contributed by atoms with E-state index in [2.05, 4.69) is 10.1 Å². The lowest BCUT2D eigenvalue weighted by Gasteiger charge is -2.05. The Bertz CT molecular complexity index is 809. The Morgan fingerprint density at radius 3 is 2.65 bits per heavy atom. The molecule has 100 valence electrons. The SMILES string of the molecule is Cc1ccc(-c2cc(C(=O)O)n3ncc(Cl)c3n2)cc1. The average molecular weight is 288 g/mol. The average Bonchev–Trinajstić information content (AvgIpc) is 2.80. The van der Waals surface area contributed by atoms with E-state index in [1.165, 1.54) is 16.8 Å². The standard InChI is InChI=1S/C14H10ClN3O2/c1-8-2-4-9(5-3-8)11-6-12(14(19)20)18-13(17-11)10(15)7-16-18/h2-7H,1H3,(H,19,20). The lowest BCUT2D eigenvalue weighted by molar-refractivity contribution is 0.0687. The zero-order valence-electron chi connectivity index (χ0n) is 10.5. The van der Waals surface area contributed by atoms with Crippen LogP contribution in [0.25, 0.3) is 16.9 Å². The molecular weight excluding hydrogens is 278 g/mol. The summed E-state index contributed by atoms with van der Waals surface area (Å²) in [5, 5.41) is 13.5. The van der Waals surface area contributed by atoms with Crippen molar-refractivity contribution >= 4 is 23.2 Å². The molecule has 20 heavy (non-hydrogen) atoms. The summed E-state index contributed by atoms with van der Waals surface area (Å²) in [5.41, 5.74) is 2.87. The van der Waals surface area contributed by atoms with Gasteiger partial charge in [0.25, 0.3) is 0 Å². The van der Waals surface area contributed by atoms with Crippen LogP contribution in [-0.4, -0.2) is 25.7 Å². The van der Waals surface area contributed by atoms with Crippen molar-refractivity contribution in [1.82, 2.24) is 14.6 Å². The number of fused-ring (bicyclic) bond motifs is 1. The number of aromatic carboxylic acids is 1. The van der Waals surface area contributed by atoms with Gasteiger partial charge in [0.1, 0.15) is 5.02 Å². The summed E-state index contributed by atoms with van der Waals surface area (Å²) in [5.74, 6) is -1.08. The van der Waals surface area contributed by atoms with Crippen molar-refractivity contribution in [3.05, 3.63) is 52.8 Å². The van der Waals surface area contributed by atoms with Crippen LogP contribution in [-0.2, 0) is 0 Å². The van der Waals surface area contributed by atoms with Crippen molar-refractivity contribution in [3.8, 4) is 11.3 Å². The summed E-state index contributed by atoms with van der Waals surface area (Å²) in [4.78, 5) is 15.7. The van der Waals surface area contributed by atoms with Crippen LogP contribution < -0.4 is 0 Å². The predicted octanol–water partition coefficient (Wildman–Crippen LogP) is 3.06.